The van der Waals surface area contributed by atoms with E-state index in [0.29, 0.717) is 11.2 Å². The molecule has 1 fully saturated rings. The molecule has 4 nitrogen and oxygen atoms in total. The number of hydrogen-bond acceptors (Lipinski definition) is 5. The maximum Gasteiger partial charge on any atom is 0.190 e. The predicted octanol–water partition coefficient (Wildman–Crippen LogP) is 1.58. The van der Waals surface area contributed by atoms with E-state index >= 15 is 0 Å². The van der Waals surface area contributed by atoms with Crippen LogP contribution in [0.3, 0.4) is 0 Å². The number of fused-ring (bicyclic) bond motifs is 3. The Kier molecular flexibility index (Phi) is 3.15. The molecule has 1 saturated heterocycles. The summed E-state index contributed by atoms with van der Waals surface area (Å²) in [5, 5.41) is 4.84. The van der Waals surface area contributed by atoms with E-state index in [0.717, 1.165) is 49.0 Å². The summed E-state index contributed by atoms with van der Waals surface area (Å²) < 4.78 is 0. The van der Waals surface area contributed by atoms with Gasteiger partial charge < -0.3 is 10.2 Å². The van der Waals surface area contributed by atoms with Crippen LogP contribution < -0.4 is 10.2 Å². The van der Waals surface area contributed by atoms with Crippen molar-refractivity contribution < 1.29 is 0 Å². The summed E-state index contributed by atoms with van der Waals surface area (Å²) in [6.07, 6.45) is 4.11. The number of halogens is 1. The van der Waals surface area contributed by atoms with E-state index in [2.05, 4.69) is 20.2 Å². The Balaban J connectivity index is 2.05. The van der Waals surface area contributed by atoms with Crippen molar-refractivity contribution in [3.05, 3.63) is 10.7 Å². The number of rotatable bonds is 1. The molecule has 1 N–H and O–H groups in total. The van der Waals surface area contributed by atoms with Gasteiger partial charge in [0.25, 0.3) is 0 Å². The minimum Gasteiger partial charge on any atom is -0.351 e. The van der Waals surface area contributed by atoms with Crippen LogP contribution in [0.2, 0.25) is 5.15 Å². The first-order valence-electron chi connectivity index (χ1n) is 5.87. The van der Waals surface area contributed by atoms with Crippen molar-refractivity contribution in [2.24, 2.45) is 0 Å². The van der Waals surface area contributed by atoms with Crippen LogP contribution in [0.15, 0.2) is 5.16 Å². The molecule has 3 heterocycles. The van der Waals surface area contributed by atoms with Crippen LogP contribution in [-0.4, -0.2) is 41.9 Å². The van der Waals surface area contributed by atoms with Crippen molar-refractivity contribution in [3.8, 4) is 0 Å². The molecule has 0 unspecified atom stereocenters. The Morgan fingerprint density at radius 1 is 1.47 bits per heavy atom. The van der Waals surface area contributed by atoms with Crippen molar-refractivity contribution in [2.45, 2.75) is 24.0 Å². The topological polar surface area (TPSA) is 41.1 Å². The van der Waals surface area contributed by atoms with Crippen molar-refractivity contribution in [3.63, 3.8) is 0 Å². The molecule has 0 radical (unpaired) electrons. The van der Waals surface area contributed by atoms with Crippen LogP contribution in [0.5, 0.6) is 0 Å². The Morgan fingerprint density at radius 3 is 3.18 bits per heavy atom. The highest BCUT2D eigenvalue weighted by Gasteiger charge is 2.31. The zero-order chi connectivity index (χ0) is 11.8. The molecule has 2 aliphatic rings. The zero-order valence-electron chi connectivity index (χ0n) is 9.74. The molecule has 1 aromatic heterocycles. The number of piperazine rings is 1. The summed E-state index contributed by atoms with van der Waals surface area (Å²) in [4.78, 5) is 11.4. The lowest BCUT2D eigenvalue weighted by Gasteiger charge is -2.41. The largest absolute Gasteiger partial charge is 0.351 e. The van der Waals surface area contributed by atoms with Crippen molar-refractivity contribution >= 4 is 29.2 Å². The van der Waals surface area contributed by atoms with Gasteiger partial charge in [-0.05, 0) is 19.1 Å². The number of nitrogens with zero attached hydrogens (tertiary/aromatic N) is 3. The van der Waals surface area contributed by atoms with Crippen LogP contribution in [0, 0.1) is 0 Å². The van der Waals surface area contributed by atoms with Gasteiger partial charge >= 0.3 is 0 Å². The Bertz CT molecular complexity index is 440. The third-order valence-electron chi connectivity index (χ3n) is 3.45. The number of anilines is 1. The van der Waals surface area contributed by atoms with Gasteiger partial charge in [0.05, 0.1) is 0 Å². The number of aromatic nitrogens is 2. The predicted molar refractivity (Wildman–Crippen MR) is 71.1 cm³/mol. The molecule has 17 heavy (non-hydrogen) atoms. The maximum atomic E-state index is 6.25. The second-order valence-corrected chi connectivity index (χ2v) is 5.52. The van der Waals surface area contributed by atoms with Gasteiger partial charge in [-0.2, -0.15) is 0 Å². The van der Waals surface area contributed by atoms with E-state index in [1.807, 2.05) is 6.26 Å². The van der Waals surface area contributed by atoms with Crippen LogP contribution in [-0.2, 0) is 6.42 Å². The zero-order valence-corrected chi connectivity index (χ0v) is 11.3. The summed E-state index contributed by atoms with van der Waals surface area (Å²) in [5.41, 5.74) is 1.13. The standard InChI is InChI=1S/C11H15ClN4S/c1-17-11-14-9(12)8-3-2-7-6-13-4-5-16(7)10(8)15-11/h7,13H,2-6H2,1H3/t7-/m1/s1. The molecule has 0 aromatic carbocycles. The molecule has 0 spiro atoms. The van der Waals surface area contributed by atoms with E-state index in [4.69, 9.17) is 11.6 Å². The SMILES string of the molecule is CSc1nc(Cl)c2c(n1)N1CCNC[C@H]1CC2. The fourth-order valence-electron chi connectivity index (χ4n) is 2.58. The first-order valence-corrected chi connectivity index (χ1v) is 7.47. The molecule has 1 atom stereocenters. The van der Waals surface area contributed by atoms with Crippen LogP contribution in [0.25, 0.3) is 0 Å². The third kappa shape index (κ3) is 2.00. The highest BCUT2D eigenvalue weighted by atomic mass is 35.5. The lowest BCUT2D eigenvalue weighted by Crippen LogP contribution is -2.53. The minimum atomic E-state index is 0.567. The normalized spacial score (nSPS) is 23.2. The fraction of sp³-hybridized carbons (Fsp3) is 0.636. The number of nitrogens with one attached hydrogen (secondary N) is 1. The molecule has 0 aliphatic carbocycles. The van der Waals surface area contributed by atoms with Gasteiger partial charge in [0.2, 0.25) is 0 Å². The quantitative estimate of drug-likeness (QED) is 0.477. The van der Waals surface area contributed by atoms with Gasteiger partial charge in [-0.3, -0.25) is 0 Å². The summed E-state index contributed by atoms with van der Waals surface area (Å²) in [7, 11) is 0. The van der Waals surface area contributed by atoms with Gasteiger partial charge in [0, 0.05) is 31.2 Å². The molecule has 3 rings (SSSR count). The molecule has 0 saturated carbocycles. The number of hydrogen-bond donors (Lipinski definition) is 1. The lowest BCUT2D eigenvalue weighted by molar-refractivity contribution is 0.433. The summed E-state index contributed by atoms with van der Waals surface area (Å²) in [5.74, 6) is 1.06. The molecule has 2 aliphatic heterocycles. The second-order valence-electron chi connectivity index (χ2n) is 4.39. The van der Waals surface area contributed by atoms with Gasteiger partial charge in [-0.1, -0.05) is 23.4 Å². The first-order chi connectivity index (χ1) is 8.29. The minimum absolute atomic E-state index is 0.567. The Hall–Kier alpha value is -0.520. The molecule has 0 amide bonds. The smallest absolute Gasteiger partial charge is 0.190 e. The molecular formula is C11H15ClN4S. The molecule has 1 aromatic rings. The van der Waals surface area contributed by atoms with Gasteiger partial charge in [0.1, 0.15) is 11.0 Å². The van der Waals surface area contributed by atoms with E-state index in [-0.39, 0.29) is 0 Å². The average Bonchev–Trinajstić information content (AvgIpc) is 2.38. The molecule has 92 valence electrons. The molecular weight excluding hydrogens is 256 g/mol. The van der Waals surface area contributed by atoms with E-state index in [1.165, 1.54) is 0 Å². The number of thioether (sulfide) groups is 1. The van der Waals surface area contributed by atoms with Gasteiger partial charge in [-0.25, -0.2) is 9.97 Å². The summed E-state index contributed by atoms with van der Waals surface area (Å²) in [6.45, 7) is 3.08. The molecule has 0 bridgehead atoms. The van der Waals surface area contributed by atoms with E-state index in [1.54, 1.807) is 11.8 Å². The average molecular weight is 271 g/mol. The second kappa shape index (κ2) is 4.63. The Labute approximate surface area is 110 Å². The highest BCUT2D eigenvalue weighted by molar-refractivity contribution is 7.98. The highest BCUT2D eigenvalue weighted by Crippen LogP contribution is 2.34. The fourth-order valence-corrected chi connectivity index (χ4v) is 3.25. The summed E-state index contributed by atoms with van der Waals surface area (Å²) >= 11 is 7.80. The lowest BCUT2D eigenvalue weighted by atomic mass is 9.98. The summed E-state index contributed by atoms with van der Waals surface area (Å²) in [6, 6.07) is 0.567. The first kappa shape index (κ1) is 11.6. The van der Waals surface area contributed by atoms with Crippen molar-refractivity contribution in [1.29, 1.82) is 0 Å². The van der Waals surface area contributed by atoms with Crippen molar-refractivity contribution in [2.75, 3.05) is 30.8 Å². The van der Waals surface area contributed by atoms with Crippen molar-refractivity contribution in [1.82, 2.24) is 15.3 Å². The maximum absolute atomic E-state index is 6.25. The Morgan fingerprint density at radius 2 is 2.35 bits per heavy atom. The van der Waals surface area contributed by atoms with Crippen LogP contribution >= 0.6 is 23.4 Å². The van der Waals surface area contributed by atoms with Gasteiger partial charge in [-0.15, -0.1) is 0 Å². The van der Waals surface area contributed by atoms with Crippen LogP contribution in [0.1, 0.15) is 12.0 Å². The van der Waals surface area contributed by atoms with Gasteiger partial charge in [0.15, 0.2) is 5.16 Å². The van der Waals surface area contributed by atoms with E-state index in [9.17, 15) is 0 Å². The van der Waals surface area contributed by atoms with Crippen LogP contribution in [0.4, 0.5) is 5.82 Å². The van der Waals surface area contributed by atoms with E-state index < -0.39 is 0 Å². The monoisotopic (exact) mass is 270 g/mol. The third-order valence-corrected chi connectivity index (χ3v) is 4.31. The molecule has 6 heteroatoms.